The van der Waals surface area contributed by atoms with Gasteiger partial charge in [-0.2, -0.15) is 0 Å². The predicted molar refractivity (Wildman–Crippen MR) is 66.4 cm³/mol. The molecule has 2 unspecified atom stereocenters. The molecule has 3 heteroatoms. The molecule has 0 amide bonds. The molecule has 0 aromatic carbocycles. The number of piperidine rings is 1. The maximum atomic E-state index is 9.35. The standard InChI is InChI=1S/C13H26N2O/c1-3-15-6-4-11(5-7-15)12-8-13(2,10-16)14-9-12/h11-12,14,16H,3-10H2,1-2H3. The highest BCUT2D eigenvalue weighted by molar-refractivity contribution is 4.95. The smallest absolute Gasteiger partial charge is 0.0610 e. The van der Waals surface area contributed by atoms with Crippen molar-refractivity contribution in [3.63, 3.8) is 0 Å². The average Bonchev–Trinajstić information content (AvgIpc) is 2.73. The molecule has 0 bridgehead atoms. The van der Waals surface area contributed by atoms with E-state index in [9.17, 15) is 5.11 Å². The first-order chi connectivity index (χ1) is 7.67. The molecule has 2 aliphatic rings. The van der Waals surface area contributed by atoms with Crippen molar-refractivity contribution < 1.29 is 5.11 Å². The second-order valence-corrected chi connectivity index (χ2v) is 5.84. The Morgan fingerprint density at radius 2 is 2.00 bits per heavy atom. The van der Waals surface area contributed by atoms with Crippen molar-refractivity contribution in [1.82, 2.24) is 10.2 Å². The van der Waals surface area contributed by atoms with Crippen LogP contribution in [0, 0.1) is 11.8 Å². The fourth-order valence-electron chi connectivity index (χ4n) is 3.29. The van der Waals surface area contributed by atoms with E-state index in [1.54, 1.807) is 0 Å². The highest BCUT2D eigenvalue weighted by Crippen LogP contribution is 2.34. The van der Waals surface area contributed by atoms with Crippen LogP contribution in [0.2, 0.25) is 0 Å². The number of aliphatic hydroxyl groups is 1. The maximum Gasteiger partial charge on any atom is 0.0610 e. The SMILES string of the molecule is CCN1CCC(C2CNC(C)(CO)C2)CC1. The second kappa shape index (κ2) is 5.03. The molecule has 94 valence electrons. The number of rotatable bonds is 3. The van der Waals surface area contributed by atoms with Gasteiger partial charge in [-0.1, -0.05) is 6.92 Å². The monoisotopic (exact) mass is 226 g/mol. The average molecular weight is 226 g/mol. The van der Waals surface area contributed by atoms with Gasteiger partial charge in [0.2, 0.25) is 0 Å². The van der Waals surface area contributed by atoms with Gasteiger partial charge in [-0.3, -0.25) is 0 Å². The molecule has 2 fully saturated rings. The van der Waals surface area contributed by atoms with Crippen LogP contribution in [0.4, 0.5) is 0 Å². The fourth-order valence-corrected chi connectivity index (χ4v) is 3.29. The van der Waals surface area contributed by atoms with Gasteiger partial charge in [0.15, 0.2) is 0 Å². The lowest BCUT2D eigenvalue weighted by Gasteiger charge is -2.34. The predicted octanol–water partition coefficient (Wildman–Crippen LogP) is 1.08. The molecule has 0 aliphatic carbocycles. The van der Waals surface area contributed by atoms with Crippen LogP contribution in [0.5, 0.6) is 0 Å². The molecule has 0 spiro atoms. The lowest BCUT2D eigenvalue weighted by molar-refractivity contribution is 0.146. The van der Waals surface area contributed by atoms with Crippen molar-refractivity contribution in [2.24, 2.45) is 11.8 Å². The van der Waals surface area contributed by atoms with Crippen molar-refractivity contribution in [3.8, 4) is 0 Å². The Morgan fingerprint density at radius 1 is 1.31 bits per heavy atom. The summed E-state index contributed by atoms with van der Waals surface area (Å²) < 4.78 is 0. The summed E-state index contributed by atoms with van der Waals surface area (Å²) in [6, 6.07) is 0. The zero-order valence-corrected chi connectivity index (χ0v) is 10.7. The molecule has 2 saturated heterocycles. The molecule has 3 nitrogen and oxygen atoms in total. The van der Waals surface area contributed by atoms with Gasteiger partial charge in [0.1, 0.15) is 0 Å². The molecule has 2 atom stereocenters. The van der Waals surface area contributed by atoms with Gasteiger partial charge in [-0.15, -0.1) is 0 Å². The minimum Gasteiger partial charge on any atom is -0.394 e. The van der Waals surface area contributed by atoms with Gasteiger partial charge in [0, 0.05) is 5.54 Å². The number of likely N-dealkylation sites (tertiary alicyclic amines) is 1. The summed E-state index contributed by atoms with van der Waals surface area (Å²) in [5, 5.41) is 12.8. The van der Waals surface area contributed by atoms with Crippen LogP contribution < -0.4 is 5.32 Å². The molecular weight excluding hydrogens is 200 g/mol. The van der Waals surface area contributed by atoms with Crippen molar-refractivity contribution in [1.29, 1.82) is 0 Å². The lowest BCUT2D eigenvalue weighted by Crippen LogP contribution is -2.39. The number of aliphatic hydroxyl groups excluding tert-OH is 1. The largest absolute Gasteiger partial charge is 0.394 e. The molecule has 0 radical (unpaired) electrons. The third-order valence-corrected chi connectivity index (χ3v) is 4.60. The summed E-state index contributed by atoms with van der Waals surface area (Å²) in [5.74, 6) is 1.67. The third-order valence-electron chi connectivity index (χ3n) is 4.60. The van der Waals surface area contributed by atoms with E-state index < -0.39 is 0 Å². The van der Waals surface area contributed by atoms with Crippen molar-refractivity contribution in [2.45, 2.75) is 38.6 Å². The van der Waals surface area contributed by atoms with Gasteiger partial charge >= 0.3 is 0 Å². The number of hydrogen-bond donors (Lipinski definition) is 2. The molecule has 0 aromatic rings. The highest BCUT2D eigenvalue weighted by Gasteiger charge is 2.38. The zero-order valence-electron chi connectivity index (χ0n) is 10.7. The summed E-state index contributed by atoms with van der Waals surface area (Å²) in [4.78, 5) is 2.55. The molecular formula is C13H26N2O. The van der Waals surface area contributed by atoms with E-state index in [1.165, 1.54) is 32.5 Å². The van der Waals surface area contributed by atoms with Crippen LogP contribution in [0.3, 0.4) is 0 Å². The Bertz CT molecular complexity index is 226. The van der Waals surface area contributed by atoms with Crippen LogP contribution in [0.1, 0.15) is 33.1 Å². The molecule has 2 aliphatic heterocycles. The van der Waals surface area contributed by atoms with Gasteiger partial charge < -0.3 is 15.3 Å². The van der Waals surface area contributed by atoms with Crippen LogP contribution in [0.25, 0.3) is 0 Å². The quantitative estimate of drug-likeness (QED) is 0.756. The Hall–Kier alpha value is -0.120. The maximum absolute atomic E-state index is 9.35. The lowest BCUT2D eigenvalue weighted by atomic mass is 9.81. The molecule has 0 aromatic heterocycles. The van der Waals surface area contributed by atoms with Gasteiger partial charge in [-0.25, -0.2) is 0 Å². The topological polar surface area (TPSA) is 35.5 Å². The summed E-state index contributed by atoms with van der Waals surface area (Å²) in [5.41, 5.74) is -0.00738. The van der Waals surface area contributed by atoms with Crippen LogP contribution in [0.15, 0.2) is 0 Å². The minimum atomic E-state index is -0.00738. The molecule has 2 rings (SSSR count). The van der Waals surface area contributed by atoms with Crippen molar-refractivity contribution in [3.05, 3.63) is 0 Å². The van der Waals surface area contributed by atoms with E-state index in [1.807, 2.05) is 0 Å². The number of nitrogens with one attached hydrogen (secondary N) is 1. The van der Waals surface area contributed by atoms with E-state index >= 15 is 0 Å². The van der Waals surface area contributed by atoms with Crippen molar-refractivity contribution in [2.75, 3.05) is 32.8 Å². The van der Waals surface area contributed by atoms with E-state index in [2.05, 4.69) is 24.1 Å². The van der Waals surface area contributed by atoms with Gasteiger partial charge in [-0.05, 0) is 64.2 Å². The Morgan fingerprint density at radius 3 is 2.50 bits per heavy atom. The normalized spacial score (nSPS) is 38.1. The van der Waals surface area contributed by atoms with Gasteiger partial charge in [0.05, 0.1) is 6.61 Å². The highest BCUT2D eigenvalue weighted by atomic mass is 16.3. The van der Waals surface area contributed by atoms with Crippen LogP contribution in [-0.2, 0) is 0 Å². The molecule has 2 N–H and O–H groups in total. The fraction of sp³-hybridized carbons (Fsp3) is 1.00. The zero-order chi connectivity index (χ0) is 11.6. The van der Waals surface area contributed by atoms with E-state index in [0.29, 0.717) is 0 Å². The Balaban J connectivity index is 1.82. The summed E-state index contributed by atoms with van der Waals surface area (Å²) in [6.07, 6.45) is 3.85. The van der Waals surface area contributed by atoms with Crippen LogP contribution >= 0.6 is 0 Å². The first kappa shape index (κ1) is 12.3. The minimum absolute atomic E-state index is 0.00738. The van der Waals surface area contributed by atoms with Crippen molar-refractivity contribution >= 4 is 0 Å². The summed E-state index contributed by atoms with van der Waals surface area (Å²) in [7, 11) is 0. The van der Waals surface area contributed by atoms with E-state index in [-0.39, 0.29) is 12.1 Å². The second-order valence-electron chi connectivity index (χ2n) is 5.84. The summed E-state index contributed by atoms with van der Waals surface area (Å²) in [6.45, 7) is 9.52. The number of hydrogen-bond acceptors (Lipinski definition) is 3. The molecule has 0 saturated carbocycles. The molecule has 16 heavy (non-hydrogen) atoms. The first-order valence-electron chi connectivity index (χ1n) is 6.75. The van der Waals surface area contributed by atoms with Crippen LogP contribution in [-0.4, -0.2) is 48.3 Å². The Kier molecular flexibility index (Phi) is 3.88. The van der Waals surface area contributed by atoms with E-state index in [4.69, 9.17) is 0 Å². The Labute approximate surface area is 99.2 Å². The summed E-state index contributed by atoms with van der Waals surface area (Å²) >= 11 is 0. The van der Waals surface area contributed by atoms with Gasteiger partial charge in [0.25, 0.3) is 0 Å². The number of nitrogens with zero attached hydrogens (tertiary/aromatic N) is 1. The first-order valence-corrected chi connectivity index (χ1v) is 6.75. The third kappa shape index (κ3) is 2.58. The van der Waals surface area contributed by atoms with E-state index in [0.717, 1.165) is 24.8 Å². The molecule has 2 heterocycles.